The number of allylic oxidation sites excluding steroid dienone is 1. The van der Waals surface area contributed by atoms with E-state index in [1.165, 1.54) is 64.2 Å². The lowest BCUT2D eigenvalue weighted by Gasteiger charge is -2.24. The predicted molar refractivity (Wildman–Crippen MR) is 128 cm³/mol. The van der Waals surface area contributed by atoms with Crippen molar-refractivity contribution < 1.29 is 9.53 Å². The molecule has 0 bridgehead atoms. The molecule has 0 fully saturated rings. The van der Waals surface area contributed by atoms with Gasteiger partial charge in [0.25, 0.3) is 5.91 Å². The van der Waals surface area contributed by atoms with E-state index in [1.54, 1.807) is 0 Å². The van der Waals surface area contributed by atoms with Crippen molar-refractivity contribution in [3.8, 4) is 5.75 Å². The van der Waals surface area contributed by atoms with Crippen molar-refractivity contribution in [3.05, 3.63) is 47.7 Å². The largest absolute Gasteiger partial charge is 0.457 e. The third-order valence-corrected chi connectivity index (χ3v) is 5.80. The summed E-state index contributed by atoms with van der Waals surface area (Å²) in [7, 11) is 0. The van der Waals surface area contributed by atoms with Gasteiger partial charge >= 0.3 is 0 Å². The van der Waals surface area contributed by atoms with Gasteiger partial charge in [-0.2, -0.15) is 0 Å². The summed E-state index contributed by atoms with van der Waals surface area (Å²) < 4.78 is 5.72. The zero-order valence-corrected chi connectivity index (χ0v) is 19.3. The monoisotopic (exact) mass is 411 g/mol. The Morgan fingerprint density at radius 2 is 1.40 bits per heavy atom. The maximum Gasteiger partial charge on any atom is 0.253 e. The first-order valence-electron chi connectivity index (χ1n) is 12.1. The van der Waals surface area contributed by atoms with Crippen LogP contribution >= 0.6 is 0 Å². The molecule has 0 saturated heterocycles. The first-order valence-corrected chi connectivity index (χ1v) is 12.1. The van der Waals surface area contributed by atoms with Crippen LogP contribution in [-0.4, -0.2) is 23.9 Å². The Labute approximate surface area is 184 Å². The van der Waals surface area contributed by atoms with Gasteiger partial charge in [-0.15, -0.1) is 0 Å². The van der Waals surface area contributed by atoms with Gasteiger partial charge in [0.2, 0.25) is 0 Å². The van der Waals surface area contributed by atoms with Gasteiger partial charge in [-0.05, 0) is 37.1 Å². The average Bonchev–Trinajstić information content (AvgIpc) is 2.76. The van der Waals surface area contributed by atoms with E-state index in [0.717, 1.165) is 37.2 Å². The standard InChI is InChI=1S/C27H41NO2/c1-4-6-8-10-12-14-20-28(21-15-13-11-9-7-5-2)27(29)25-19-18-24-17-16-23(3)30-26(24)22-25/h16-19,22H,3-15,20-21H2,1-2H3. The summed E-state index contributed by atoms with van der Waals surface area (Å²) in [6.07, 6.45) is 18.8. The molecule has 0 unspecified atom stereocenters. The molecule has 1 heterocycles. The van der Waals surface area contributed by atoms with Crippen LogP contribution < -0.4 is 4.74 Å². The third kappa shape index (κ3) is 8.38. The van der Waals surface area contributed by atoms with Gasteiger partial charge in [0.15, 0.2) is 0 Å². The molecular formula is C27H41NO2. The molecule has 0 aliphatic carbocycles. The maximum absolute atomic E-state index is 13.3. The van der Waals surface area contributed by atoms with Crippen LogP contribution in [0, 0.1) is 0 Å². The van der Waals surface area contributed by atoms with Crippen LogP contribution in [0.2, 0.25) is 0 Å². The summed E-state index contributed by atoms with van der Waals surface area (Å²) >= 11 is 0. The SMILES string of the molecule is C=C1C=Cc2ccc(C(=O)N(CCCCCCCC)CCCCCCCC)cc2O1. The molecule has 2 rings (SSSR count). The quantitative estimate of drug-likeness (QED) is 0.276. The fourth-order valence-electron chi connectivity index (χ4n) is 3.91. The Balaban J connectivity index is 1.93. The van der Waals surface area contributed by atoms with E-state index in [0.29, 0.717) is 11.3 Å². The average molecular weight is 412 g/mol. The summed E-state index contributed by atoms with van der Waals surface area (Å²) in [5.41, 5.74) is 1.71. The number of nitrogens with zero attached hydrogens (tertiary/aromatic N) is 1. The van der Waals surface area contributed by atoms with Crippen molar-refractivity contribution >= 4 is 12.0 Å². The minimum atomic E-state index is 0.128. The zero-order chi connectivity index (χ0) is 21.6. The highest BCUT2D eigenvalue weighted by molar-refractivity contribution is 5.95. The van der Waals surface area contributed by atoms with Crippen molar-refractivity contribution in [2.75, 3.05) is 13.1 Å². The van der Waals surface area contributed by atoms with Gasteiger partial charge in [-0.3, -0.25) is 4.79 Å². The normalized spacial score (nSPS) is 12.5. The number of ether oxygens (including phenoxy) is 1. The maximum atomic E-state index is 13.3. The fraction of sp³-hybridized carbons (Fsp3) is 0.593. The van der Waals surface area contributed by atoms with Gasteiger partial charge in [0, 0.05) is 24.2 Å². The number of benzene rings is 1. The Kier molecular flexibility index (Phi) is 11.4. The molecule has 1 aromatic rings. The lowest BCUT2D eigenvalue weighted by Crippen LogP contribution is -2.33. The molecule has 0 aromatic heterocycles. The summed E-state index contributed by atoms with van der Waals surface area (Å²) in [5.74, 6) is 1.47. The number of hydrogen-bond acceptors (Lipinski definition) is 2. The first kappa shape index (κ1) is 24.2. The highest BCUT2D eigenvalue weighted by atomic mass is 16.5. The van der Waals surface area contributed by atoms with Gasteiger partial charge in [-0.25, -0.2) is 0 Å². The number of carbonyl (C=O) groups excluding carboxylic acids is 1. The van der Waals surface area contributed by atoms with E-state index in [1.807, 2.05) is 30.4 Å². The predicted octanol–water partition coefficient (Wildman–Crippen LogP) is 7.77. The smallest absolute Gasteiger partial charge is 0.253 e. The summed E-state index contributed by atoms with van der Waals surface area (Å²) in [6, 6.07) is 5.78. The van der Waals surface area contributed by atoms with Crippen LogP contribution in [0.5, 0.6) is 5.75 Å². The number of amides is 1. The molecule has 1 aliphatic heterocycles. The van der Waals surface area contributed by atoms with Crippen LogP contribution in [-0.2, 0) is 0 Å². The number of unbranched alkanes of at least 4 members (excludes halogenated alkanes) is 10. The number of rotatable bonds is 15. The second-order valence-corrected chi connectivity index (χ2v) is 8.48. The molecule has 3 nitrogen and oxygen atoms in total. The fourth-order valence-corrected chi connectivity index (χ4v) is 3.91. The van der Waals surface area contributed by atoms with Crippen molar-refractivity contribution in [1.82, 2.24) is 4.90 Å². The van der Waals surface area contributed by atoms with E-state index in [4.69, 9.17) is 4.74 Å². The van der Waals surface area contributed by atoms with Crippen LogP contribution in [0.15, 0.2) is 36.6 Å². The molecule has 1 amide bonds. The van der Waals surface area contributed by atoms with Gasteiger partial charge in [0.05, 0.1) is 0 Å². The van der Waals surface area contributed by atoms with Crippen LogP contribution in [0.1, 0.15) is 107 Å². The van der Waals surface area contributed by atoms with Crippen LogP contribution in [0.4, 0.5) is 0 Å². The Hall–Kier alpha value is -2.03. The molecule has 166 valence electrons. The van der Waals surface area contributed by atoms with Crippen molar-refractivity contribution in [2.24, 2.45) is 0 Å². The van der Waals surface area contributed by atoms with Gasteiger partial charge in [-0.1, -0.05) is 90.7 Å². The topological polar surface area (TPSA) is 29.5 Å². The summed E-state index contributed by atoms with van der Waals surface area (Å²) in [4.78, 5) is 15.3. The zero-order valence-electron chi connectivity index (χ0n) is 19.3. The molecule has 0 spiro atoms. The summed E-state index contributed by atoms with van der Waals surface area (Å²) in [6.45, 7) is 10.1. The Morgan fingerprint density at radius 3 is 2.00 bits per heavy atom. The lowest BCUT2D eigenvalue weighted by molar-refractivity contribution is 0.0749. The number of hydrogen-bond donors (Lipinski definition) is 0. The molecule has 0 atom stereocenters. The molecule has 0 saturated carbocycles. The minimum absolute atomic E-state index is 0.128. The highest BCUT2D eigenvalue weighted by Crippen LogP contribution is 2.28. The molecule has 1 aliphatic rings. The highest BCUT2D eigenvalue weighted by Gasteiger charge is 2.18. The minimum Gasteiger partial charge on any atom is -0.457 e. The molecule has 0 radical (unpaired) electrons. The van der Waals surface area contributed by atoms with E-state index >= 15 is 0 Å². The number of carbonyl (C=O) groups is 1. The second kappa shape index (κ2) is 14.1. The van der Waals surface area contributed by atoms with E-state index < -0.39 is 0 Å². The van der Waals surface area contributed by atoms with Crippen LogP contribution in [0.3, 0.4) is 0 Å². The van der Waals surface area contributed by atoms with Gasteiger partial charge in [0.1, 0.15) is 11.5 Å². The van der Waals surface area contributed by atoms with E-state index in [2.05, 4.69) is 25.3 Å². The molecule has 3 heteroatoms. The first-order chi connectivity index (χ1) is 14.7. The Bertz CT molecular complexity index is 676. The Morgan fingerprint density at radius 1 is 0.833 bits per heavy atom. The molecule has 30 heavy (non-hydrogen) atoms. The van der Waals surface area contributed by atoms with E-state index in [-0.39, 0.29) is 5.91 Å². The second-order valence-electron chi connectivity index (χ2n) is 8.48. The van der Waals surface area contributed by atoms with Crippen LogP contribution in [0.25, 0.3) is 6.08 Å². The molecule has 0 N–H and O–H groups in total. The van der Waals surface area contributed by atoms with Crippen molar-refractivity contribution in [3.63, 3.8) is 0 Å². The van der Waals surface area contributed by atoms with Crippen molar-refractivity contribution in [2.45, 2.75) is 90.9 Å². The number of fused-ring (bicyclic) bond motifs is 1. The van der Waals surface area contributed by atoms with Crippen molar-refractivity contribution in [1.29, 1.82) is 0 Å². The molecule has 1 aromatic carbocycles. The molecular weight excluding hydrogens is 370 g/mol. The lowest BCUT2D eigenvalue weighted by atomic mass is 10.1. The summed E-state index contributed by atoms with van der Waals surface area (Å²) in [5, 5.41) is 0. The third-order valence-electron chi connectivity index (χ3n) is 5.80. The van der Waals surface area contributed by atoms with E-state index in [9.17, 15) is 4.79 Å². The van der Waals surface area contributed by atoms with Gasteiger partial charge < -0.3 is 9.64 Å².